The highest BCUT2D eigenvalue weighted by Gasteiger charge is 1.98. The Bertz CT molecular complexity index is 196. The van der Waals surface area contributed by atoms with Crippen LogP contribution < -0.4 is 0 Å². The van der Waals surface area contributed by atoms with E-state index in [9.17, 15) is 4.79 Å². The van der Waals surface area contributed by atoms with Crippen molar-refractivity contribution >= 4 is 29.7 Å². The molecule has 1 aromatic rings. The number of rotatable bonds is 2. The van der Waals surface area contributed by atoms with Crippen molar-refractivity contribution < 1.29 is 9.90 Å². The Morgan fingerprint density at radius 2 is 2.40 bits per heavy atom. The number of halogens is 1. The van der Waals surface area contributed by atoms with E-state index in [1.165, 1.54) is 11.3 Å². The van der Waals surface area contributed by atoms with Gasteiger partial charge in [0.25, 0.3) is 0 Å². The van der Waals surface area contributed by atoms with Gasteiger partial charge in [0.2, 0.25) is 0 Å². The van der Waals surface area contributed by atoms with E-state index in [2.05, 4.69) is 0 Å². The Labute approximate surface area is 68.9 Å². The summed E-state index contributed by atoms with van der Waals surface area (Å²) in [4.78, 5) is 11.0. The van der Waals surface area contributed by atoms with Crippen molar-refractivity contribution in [3.05, 3.63) is 22.4 Å². The molecule has 0 unspecified atom stereocenters. The van der Waals surface area contributed by atoms with Gasteiger partial charge in [-0.2, -0.15) is 0 Å². The molecule has 0 fully saturated rings. The topological polar surface area (TPSA) is 37.3 Å². The van der Waals surface area contributed by atoms with Gasteiger partial charge in [0, 0.05) is 4.88 Å². The molecule has 1 N–H and O–H groups in total. The predicted octanol–water partition coefficient (Wildman–Crippen LogP) is 1.80. The molecule has 2 nitrogen and oxygen atoms in total. The van der Waals surface area contributed by atoms with E-state index in [4.69, 9.17) is 5.11 Å². The van der Waals surface area contributed by atoms with Gasteiger partial charge in [-0.3, -0.25) is 4.79 Å². The van der Waals surface area contributed by atoms with Crippen molar-refractivity contribution in [1.82, 2.24) is 0 Å². The molecule has 10 heavy (non-hydrogen) atoms. The second-order valence-corrected chi connectivity index (χ2v) is 2.68. The molecule has 1 rings (SSSR count). The van der Waals surface area contributed by atoms with Gasteiger partial charge in [-0.1, -0.05) is 6.07 Å². The highest BCUT2D eigenvalue weighted by atomic mass is 35.5. The first-order chi connectivity index (χ1) is 4.29. The van der Waals surface area contributed by atoms with Gasteiger partial charge in [-0.05, 0) is 11.4 Å². The molecule has 0 aliphatic carbocycles. The minimum absolute atomic E-state index is 0. The number of carboxylic acids is 1. The fraction of sp³-hybridized carbons (Fsp3) is 0.167. The lowest BCUT2D eigenvalue weighted by Gasteiger charge is -1.85. The molecule has 4 heteroatoms. The molecule has 0 aliphatic heterocycles. The average Bonchev–Trinajstić information content (AvgIpc) is 2.15. The highest BCUT2D eigenvalue weighted by molar-refractivity contribution is 7.10. The van der Waals surface area contributed by atoms with Crippen LogP contribution in [-0.2, 0) is 11.2 Å². The molecule has 0 aliphatic rings. The standard InChI is InChI=1S/C6H6O2S.ClH/c7-6(8)4-5-2-1-3-9-5;/h1-3H,4H2,(H,7,8);1H. The van der Waals surface area contributed by atoms with E-state index in [1.807, 2.05) is 17.5 Å². The molecule has 56 valence electrons. The van der Waals surface area contributed by atoms with Crippen LogP contribution in [0.25, 0.3) is 0 Å². The monoisotopic (exact) mass is 178 g/mol. The third kappa shape index (κ3) is 2.85. The van der Waals surface area contributed by atoms with Gasteiger partial charge in [-0.15, -0.1) is 23.7 Å². The fourth-order valence-electron chi connectivity index (χ4n) is 0.562. The predicted molar refractivity (Wildman–Crippen MR) is 42.9 cm³/mol. The third-order valence-electron chi connectivity index (χ3n) is 0.906. The summed E-state index contributed by atoms with van der Waals surface area (Å²) in [7, 11) is 0. The first-order valence-corrected chi connectivity index (χ1v) is 3.41. The van der Waals surface area contributed by atoms with Crippen LogP contribution in [0.2, 0.25) is 0 Å². The number of carboxylic acid groups (broad SMARTS) is 1. The van der Waals surface area contributed by atoms with Gasteiger partial charge >= 0.3 is 5.97 Å². The highest BCUT2D eigenvalue weighted by Crippen LogP contribution is 2.08. The van der Waals surface area contributed by atoms with E-state index < -0.39 is 5.97 Å². The zero-order valence-electron chi connectivity index (χ0n) is 5.11. The van der Waals surface area contributed by atoms with Gasteiger partial charge in [0.15, 0.2) is 0 Å². The van der Waals surface area contributed by atoms with E-state index >= 15 is 0 Å². The van der Waals surface area contributed by atoms with Crippen LogP contribution in [0.3, 0.4) is 0 Å². The normalized spacial score (nSPS) is 8.40. The SMILES string of the molecule is Cl.O=C(O)Cc1cccs1. The Hall–Kier alpha value is -0.540. The smallest absolute Gasteiger partial charge is 0.308 e. The summed E-state index contributed by atoms with van der Waals surface area (Å²) in [5.41, 5.74) is 0. The number of thiophene rings is 1. The van der Waals surface area contributed by atoms with Gasteiger partial charge < -0.3 is 5.11 Å². The first-order valence-electron chi connectivity index (χ1n) is 2.53. The minimum atomic E-state index is -0.766. The molecule has 0 saturated carbocycles. The average molecular weight is 179 g/mol. The number of hydrogen-bond donors (Lipinski definition) is 1. The second kappa shape index (κ2) is 4.30. The fourth-order valence-corrected chi connectivity index (χ4v) is 1.26. The minimum Gasteiger partial charge on any atom is -0.481 e. The maximum atomic E-state index is 10.1. The van der Waals surface area contributed by atoms with E-state index in [1.54, 1.807) is 0 Å². The zero-order chi connectivity index (χ0) is 6.69. The molecular formula is C6H7ClO2S. The Kier molecular flexibility index (Phi) is 4.07. The molecule has 1 heterocycles. The summed E-state index contributed by atoms with van der Waals surface area (Å²) >= 11 is 1.47. The molecule has 0 atom stereocenters. The van der Waals surface area contributed by atoms with Gasteiger partial charge in [0.1, 0.15) is 0 Å². The molecule has 0 saturated heterocycles. The second-order valence-electron chi connectivity index (χ2n) is 1.65. The summed E-state index contributed by atoms with van der Waals surface area (Å²) in [5.74, 6) is -0.766. The van der Waals surface area contributed by atoms with Crippen LogP contribution in [0.15, 0.2) is 17.5 Å². The van der Waals surface area contributed by atoms with Crippen LogP contribution >= 0.6 is 23.7 Å². The molecule has 0 radical (unpaired) electrons. The summed E-state index contributed by atoms with van der Waals surface area (Å²) < 4.78 is 0. The molecule has 0 spiro atoms. The Morgan fingerprint density at radius 1 is 1.70 bits per heavy atom. The lowest BCUT2D eigenvalue weighted by molar-refractivity contribution is -0.136. The van der Waals surface area contributed by atoms with E-state index in [0.717, 1.165) is 4.88 Å². The van der Waals surface area contributed by atoms with Crippen molar-refractivity contribution in [2.75, 3.05) is 0 Å². The number of hydrogen-bond acceptors (Lipinski definition) is 2. The van der Waals surface area contributed by atoms with Crippen LogP contribution in [0, 0.1) is 0 Å². The summed E-state index contributed by atoms with van der Waals surface area (Å²) in [6.07, 6.45) is 0.150. The van der Waals surface area contributed by atoms with E-state index in [0.29, 0.717) is 0 Å². The summed E-state index contributed by atoms with van der Waals surface area (Å²) in [6, 6.07) is 3.67. The van der Waals surface area contributed by atoms with Crippen LogP contribution in [0.4, 0.5) is 0 Å². The van der Waals surface area contributed by atoms with Crippen LogP contribution in [0.1, 0.15) is 4.88 Å². The number of aliphatic carboxylic acids is 1. The molecule has 0 bridgehead atoms. The van der Waals surface area contributed by atoms with Crippen LogP contribution in [-0.4, -0.2) is 11.1 Å². The first kappa shape index (κ1) is 9.46. The van der Waals surface area contributed by atoms with E-state index in [-0.39, 0.29) is 18.8 Å². The lowest BCUT2D eigenvalue weighted by Crippen LogP contribution is -1.96. The molecular weight excluding hydrogens is 172 g/mol. The maximum absolute atomic E-state index is 10.1. The van der Waals surface area contributed by atoms with Gasteiger partial charge in [-0.25, -0.2) is 0 Å². The van der Waals surface area contributed by atoms with Crippen molar-refractivity contribution in [1.29, 1.82) is 0 Å². The quantitative estimate of drug-likeness (QED) is 0.750. The summed E-state index contributed by atoms with van der Waals surface area (Å²) in [6.45, 7) is 0. The Balaban J connectivity index is 0.000000810. The largest absolute Gasteiger partial charge is 0.481 e. The Morgan fingerprint density at radius 3 is 2.80 bits per heavy atom. The maximum Gasteiger partial charge on any atom is 0.308 e. The van der Waals surface area contributed by atoms with Crippen molar-refractivity contribution in [3.63, 3.8) is 0 Å². The number of carbonyl (C=O) groups is 1. The molecule has 1 aromatic heterocycles. The van der Waals surface area contributed by atoms with Crippen LogP contribution in [0.5, 0.6) is 0 Å². The van der Waals surface area contributed by atoms with Crippen molar-refractivity contribution in [2.45, 2.75) is 6.42 Å². The zero-order valence-corrected chi connectivity index (χ0v) is 6.74. The summed E-state index contributed by atoms with van der Waals surface area (Å²) in [5, 5.41) is 10.2. The van der Waals surface area contributed by atoms with Crippen molar-refractivity contribution in [3.8, 4) is 0 Å². The lowest BCUT2D eigenvalue weighted by atomic mass is 10.3. The molecule has 0 aromatic carbocycles. The third-order valence-corrected chi connectivity index (χ3v) is 1.78. The van der Waals surface area contributed by atoms with Crippen molar-refractivity contribution in [2.24, 2.45) is 0 Å². The van der Waals surface area contributed by atoms with Gasteiger partial charge in [0.05, 0.1) is 6.42 Å². The molecule has 0 amide bonds.